The largest absolute Gasteiger partial charge is 0.376 e. The Labute approximate surface area is 213 Å². The van der Waals surface area contributed by atoms with E-state index in [9.17, 15) is 14.4 Å². The molecule has 9 nitrogen and oxygen atoms in total. The van der Waals surface area contributed by atoms with Crippen molar-refractivity contribution in [1.82, 2.24) is 15.5 Å². The van der Waals surface area contributed by atoms with Gasteiger partial charge < -0.3 is 15.4 Å². The topological polar surface area (TPSA) is 112 Å². The number of fused-ring (bicyclic) bond motifs is 3. The maximum Gasteiger partial charge on any atom is 0.259 e. The highest BCUT2D eigenvalue weighted by Gasteiger charge is 2.42. The summed E-state index contributed by atoms with van der Waals surface area (Å²) in [4.78, 5) is 49.1. The van der Waals surface area contributed by atoms with Gasteiger partial charge in [-0.05, 0) is 30.5 Å². The zero-order chi connectivity index (χ0) is 24.9. The van der Waals surface area contributed by atoms with Crippen molar-refractivity contribution >= 4 is 46.2 Å². The van der Waals surface area contributed by atoms with Gasteiger partial charge in [-0.15, -0.1) is 0 Å². The van der Waals surface area contributed by atoms with Gasteiger partial charge in [0.25, 0.3) is 5.91 Å². The molecule has 0 spiro atoms. The van der Waals surface area contributed by atoms with E-state index in [0.717, 1.165) is 30.6 Å². The third-order valence-electron chi connectivity index (χ3n) is 6.14. The molecule has 3 heterocycles. The molecule has 0 aromatic heterocycles. The highest BCUT2D eigenvalue weighted by molar-refractivity contribution is 8.14. The fourth-order valence-electron chi connectivity index (χ4n) is 4.29. The van der Waals surface area contributed by atoms with Gasteiger partial charge in [0, 0.05) is 25.3 Å². The van der Waals surface area contributed by atoms with Crippen LogP contribution in [0.4, 0.5) is 5.69 Å². The fraction of sp³-hybridized carbons (Fsp3) is 0.346. The van der Waals surface area contributed by atoms with E-state index < -0.39 is 6.04 Å². The zero-order valence-electron chi connectivity index (χ0n) is 19.7. The molecule has 0 radical (unpaired) electrons. The predicted molar refractivity (Wildman–Crippen MR) is 138 cm³/mol. The lowest BCUT2D eigenvalue weighted by Crippen LogP contribution is -2.42. The predicted octanol–water partition coefficient (Wildman–Crippen LogP) is 2.38. The van der Waals surface area contributed by atoms with Crippen LogP contribution in [0.25, 0.3) is 0 Å². The monoisotopic (exact) mass is 505 g/mol. The first kappa shape index (κ1) is 24.2. The third-order valence-corrected chi connectivity index (χ3v) is 7.08. The number of nitrogens with zero attached hydrogens (tertiary/aromatic N) is 3. The van der Waals surface area contributed by atoms with Crippen LogP contribution in [0.15, 0.2) is 64.6 Å². The smallest absolute Gasteiger partial charge is 0.259 e. The summed E-state index contributed by atoms with van der Waals surface area (Å²) in [6, 6.07) is 16.2. The second-order valence-corrected chi connectivity index (χ2v) is 9.69. The Hall–Kier alpha value is -3.50. The molecule has 3 aliphatic heterocycles. The summed E-state index contributed by atoms with van der Waals surface area (Å²) < 4.78 is 5.55. The van der Waals surface area contributed by atoms with Crippen LogP contribution < -0.4 is 10.6 Å². The van der Waals surface area contributed by atoms with E-state index in [-0.39, 0.29) is 36.0 Å². The number of aliphatic imine (C=N–C) groups is 2. The molecule has 186 valence electrons. The van der Waals surface area contributed by atoms with Gasteiger partial charge in [0.2, 0.25) is 11.8 Å². The molecule has 0 bridgehead atoms. The Morgan fingerprint density at radius 2 is 1.86 bits per heavy atom. The minimum Gasteiger partial charge on any atom is -0.376 e. The van der Waals surface area contributed by atoms with Crippen LogP contribution in [0.3, 0.4) is 0 Å². The number of hydrogen-bond donors (Lipinski definition) is 2. The SMILES string of the molecule is O=C(CSC1=Nc2ccccc2C2=N[C@@H](CC(=O)NCc3ccccc3)C(=O)N12)NC[C@H]1CCCO1. The molecule has 0 saturated carbocycles. The second kappa shape index (κ2) is 11.0. The summed E-state index contributed by atoms with van der Waals surface area (Å²) in [6.45, 7) is 1.59. The number of carbonyl (C=O) groups is 3. The van der Waals surface area contributed by atoms with Crippen LogP contribution in [-0.2, 0) is 25.7 Å². The number of amides is 3. The number of amidine groups is 2. The lowest BCUT2D eigenvalue weighted by molar-refractivity contribution is -0.128. The third kappa shape index (κ3) is 5.50. The zero-order valence-corrected chi connectivity index (χ0v) is 20.5. The minimum absolute atomic E-state index is 0.0607. The number of benzene rings is 2. The van der Waals surface area contributed by atoms with E-state index in [0.29, 0.717) is 29.8 Å². The first-order chi connectivity index (χ1) is 17.6. The molecule has 2 aromatic carbocycles. The van der Waals surface area contributed by atoms with Gasteiger partial charge in [-0.3, -0.25) is 19.4 Å². The summed E-state index contributed by atoms with van der Waals surface area (Å²) >= 11 is 1.18. The first-order valence-corrected chi connectivity index (χ1v) is 13.0. The van der Waals surface area contributed by atoms with Crippen molar-refractivity contribution in [3.8, 4) is 0 Å². The molecule has 2 atom stereocenters. The average molecular weight is 506 g/mol. The van der Waals surface area contributed by atoms with Gasteiger partial charge in [0.1, 0.15) is 11.9 Å². The highest BCUT2D eigenvalue weighted by Crippen LogP contribution is 2.34. The molecular weight excluding hydrogens is 478 g/mol. The summed E-state index contributed by atoms with van der Waals surface area (Å²) in [5.74, 6) is -0.157. The Balaban J connectivity index is 1.24. The van der Waals surface area contributed by atoms with Crippen molar-refractivity contribution in [2.75, 3.05) is 18.9 Å². The number of rotatable bonds is 8. The van der Waals surface area contributed by atoms with Crippen molar-refractivity contribution < 1.29 is 19.1 Å². The van der Waals surface area contributed by atoms with Gasteiger partial charge in [-0.1, -0.05) is 54.2 Å². The van der Waals surface area contributed by atoms with Gasteiger partial charge in [-0.25, -0.2) is 9.89 Å². The number of ether oxygens (including phenoxy) is 1. The lowest BCUT2D eigenvalue weighted by Gasteiger charge is -2.25. The maximum absolute atomic E-state index is 13.3. The van der Waals surface area contributed by atoms with Crippen LogP contribution in [0.2, 0.25) is 0 Å². The molecule has 2 aromatic rings. The first-order valence-electron chi connectivity index (χ1n) is 12.0. The summed E-state index contributed by atoms with van der Waals surface area (Å²) in [7, 11) is 0. The molecule has 36 heavy (non-hydrogen) atoms. The average Bonchev–Trinajstić information content (AvgIpc) is 3.54. The van der Waals surface area contributed by atoms with E-state index >= 15 is 0 Å². The molecule has 3 amide bonds. The molecule has 2 N–H and O–H groups in total. The van der Waals surface area contributed by atoms with Gasteiger partial charge >= 0.3 is 0 Å². The highest BCUT2D eigenvalue weighted by atomic mass is 32.2. The maximum atomic E-state index is 13.3. The molecule has 3 aliphatic rings. The van der Waals surface area contributed by atoms with E-state index in [2.05, 4.69) is 20.6 Å². The molecule has 1 saturated heterocycles. The van der Waals surface area contributed by atoms with Crippen LogP contribution >= 0.6 is 11.8 Å². The van der Waals surface area contributed by atoms with E-state index in [1.165, 1.54) is 16.7 Å². The standard InChI is InChI=1S/C26H27N5O4S/c32-22(27-14-17-7-2-1-3-8-17)13-21-25(34)31-24(29-21)19-10-4-5-11-20(19)30-26(31)36-16-23(33)28-15-18-9-6-12-35-18/h1-5,7-8,10-11,18,21H,6,9,12-16H2,(H,27,32)(H,28,33)/t18-,21+/m1/s1. The molecule has 5 rings (SSSR count). The number of nitrogens with one attached hydrogen (secondary N) is 2. The fourth-order valence-corrected chi connectivity index (χ4v) is 5.12. The normalized spacial score (nSPS) is 20.3. The van der Waals surface area contributed by atoms with Crippen molar-refractivity contribution in [1.29, 1.82) is 0 Å². The van der Waals surface area contributed by atoms with E-state index in [1.54, 1.807) is 0 Å². The van der Waals surface area contributed by atoms with E-state index in [4.69, 9.17) is 4.74 Å². The Bertz CT molecular complexity index is 1210. The lowest BCUT2D eigenvalue weighted by atomic mass is 10.1. The number of hydrogen-bond acceptors (Lipinski definition) is 7. The van der Waals surface area contributed by atoms with Crippen LogP contribution in [0.1, 0.15) is 30.4 Å². The van der Waals surface area contributed by atoms with Crippen LogP contribution in [0.5, 0.6) is 0 Å². The van der Waals surface area contributed by atoms with Gasteiger partial charge in [0.15, 0.2) is 5.17 Å². The quantitative estimate of drug-likeness (QED) is 0.572. The number of carbonyl (C=O) groups excluding carboxylic acids is 3. The Morgan fingerprint density at radius 1 is 1.06 bits per heavy atom. The van der Waals surface area contributed by atoms with Crippen LogP contribution in [-0.4, -0.2) is 64.7 Å². The molecule has 10 heteroatoms. The van der Waals surface area contributed by atoms with Crippen molar-refractivity contribution in [2.24, 2.45) is 9.98 Å². The van der Waals surface area contributed by atoms with Crippen molar-refractivity contribution in [3.63, 3.8) is 0 Å². The summed E-state index contributed by atoms with van der Waals surface area (Å²) in [5.41, 5.74) is 2.38. The number of para-hydroxylation sites is 1. The minimum atomic E-state index is -0.846. The van der Waals surface area contributed by atoms with E-state index in [1.807, 2.05) is 54.6 Å². The molecular formula is C26H27N5O4S. The van der Waals surface area contributed by atoms with Crippen molar-refractivity contribution in [2.45, 2.75) is 38.0 Å². The van der Waals surface area contributed by atoms with Crippen LogP contribution in [0, 0.1) is 0 Å². The second-order valence-electron chi connectivity index (χ2n) is 8.75. The van der Waals surface area contributed by atoms with Gasteiger partial charge in [-0.2, -0.15) is 0 Å². The van der Waals surface area contributed by atoms with Gasteiger partial charge in [0.05, 0.1) is 24.0 Å². The Morgan fingerprint density at radius 3 is 2.67 bits per heavy atom. The number of thioether (sulfide) groups is 1. The van der Waals surface area contributed by atoms with Crippen molar-refractivity contribution in [3.05, 3.63) is 65.7 Å². The summed E-state index contributed by atoms with van der Waals surface area (Å²) in [6.07, 6.45) is 1.95. The molecule has 1 fully saturated rings. The molecule has 0 aliphatic carbocycles. The Kier molecular flexibility index (Phi) is 7.43. The summed E-state index contributed by atoms with van der Waals surface area (Å²) in [5, 5.41) is 6.13. The molecule has 0 unspecified atom stereocenters.